The van der Waals surface area contributed by atoms with Crippen LogP contribution in [0.2, 0.25) is 0 Å². The van der Waals surface area contributed by atoms with Gasteiger partial charge in [0.1, 0.15) is 17.9 Å². The molecule has 3 rings (SSSR count). The van der Waals surface area contributed by atoms with E-state index in [-0.39, 0.29) is 12.4 Å². The molecule has 5 nitrogen and oxygen atoms in total. The van der Waals surface area contributed by atoms with Gasteiger partial charge < -0.3 is 13.9 Å². The Morgan fingerprint density at radius 1 is 1.07 bits per heavy atom. The molecule has 29 heavy (non-hydrogen) atoms. The summed E-state index contributed by atoms with van der Waals surface area (Å²) in [6.45, 7) is 8.51. The van der Waals surface area contributed by atoms with Gasteiger partial charge in [-0.1, -0.05) is 23.8 Å². The van der Waals surface area contributed by atoms with E-state index < -0.39 is 5.63 Å². The summed E-state index contributed by atoms with van der Waals surface area (Å²) in [5.74, 6) is 0.321. The van der Waals surface area contributed by atoms with Crippen molar-refractivity contribution in [1.82, 2.24) is 0 Å². The lowest BCUT2D eigenvalue weighted by atomic mass is 10.0. The minimum Gasteiger partial charge on any atom is -0.489 e. The zero-order chi connectivity index (χ0) is 21.0. The molecule has 3 aromatic rings. The maximum atomic E-state index is 12.4. The Morgan fingerprint density at radius 2 is 1.86 bits per heavy atom. The van der Waals surface area contributed by atoms with Crippen LogP contribution in [0.25, 0.3) is 11.0 Å². The third-order valence-corrected chi connectivity index (χ3v) is 5.04. The van der Waals surface area contributed by atoms with Crippen molar-refractivity contribution in [1.29, 1.82) is 0 Å². The quantitative estimate of drug-likeness (QED) is 0.426. The van der Waals surface area contributed by atoms with Gasteiger partial charge in [-0.05, 0) is 62.9 Å². The Morgan fingerprint density at radius 3 is 2.62 bits per heavy atom. The van der Waals surface area contributed by atoms with Crippen LogP contribution in [0.15, 0.2) is 45.6 Å². The standard InChI is InChI=1S/C24H26O5/c1-5-27-23(25)11-10-21-17(4)20-9-8-19(13-22(20)29-24(21)26)28-14-18-12-15(2)6-7-16(18)3/h6-9,12-13H,5,10-11,14H2,1-4H3. The summed E-state index contributed by atoms with van der Waals surface area (Å²) in [5, 5.41) is 0.836. The molecule has 1 aromatic heterocycles. The topological polar surface area (TPSA) is 65.7 Å². The van der Waals surface area contributed by atoms with E-state index in [2.05, 4.69) is 32.0 Å². The van der Waals surface area contributed by atoms with E-state index in [9.17, 15) is 9.59 Å². The molecule has 5 heteroatoms. The molecular formula is C24H26O5. The third-order valence-electron chi connectivity index (χ3n) is 5.04. The zero-order valence-corrected chi connectivity index (χ0v) is 17.3. The predicted molar refractivity (Wildman–Crippen MR) is 112 cm³/mol. The number of esters is 1. The van der Waals surface area contributed by atoms with Crippen molar-refractivity contribution in [3.63, 3.8) is 0 Å². The van der Waals surface area contributed by atoms with Crippen molar-refractivity contribution >= 4 is 16.9 Å². The Kier molecular flexibility index (Phi) is 6.37. The molecule has 0 radical (unpaired) electrons. The Labute approximate surface area is 170 Å². The first-order valence-corrected chi connectivity index (χ1v) is 9.80. The molecule has 2 aromatic carbocycles. The van der Waals surface area contributed by atoms with E-state index in [1.165, 1.54) is 11.1 Å². The van der Waals surface area contributed by atoms with E-state index in [0.717, 1.165) is 16.5 Å². The van der Waals surface area contributed by atoms with Crippen LogP contribution in [-0.2, 0) is 22.6 Å². The molecule has 0 bridgehead atoms. The summed E-state index contributed by atoms with van der Waals surface area (Å²) in [7, 11) is 0. The van der Waals surface area contributed by atoms with Crippen LogP contribution in [0, 0.1) is 20.8 Å². The van der Waals surface area contributed by atoms with Crippen molar-refractivity contribution < 1.29 is 18.7 Å². The highest BCUT2D eigenvalue weighted by molar-refractivity contribution is 5.82. The Balaban J connectivity index is 1.81. The van der Waals surface area contributed by atoms with E-state index in [1.807, 2.05) is 19.1 Å². The smallest absolute Gasteiger partial charge is 0.339 e. The molecule has 0 fully saturated rings. The second kappa shape index (κ2) is 8.95. The summed E-state index contributed by atoms with van der Waals surface area (Å²) in [5.41, 5.74) is 4.86. The third kappa shape index (κ3) is 4.86. The molecule has 152 valence electrons. The second-order valence-corrected chi connectivity index (χ2v) is 7.17. The van der Waals surface area contributed by atoms with Gasteiger partial charge in [0.05, 0.1) is 6.61 Å². The highest BCUT2D eigenvalue weighted by Gasteiger charge is 2.14. The first-order chi connectivity index (χ1) is 13.9. The molecule has 0 saturated heterocycles. The first-order valence-electron chi connectivity index (χ1n) is 9.80. The number of fused-ring (bicyclic) bond motifs is 1. The number of carbonyl (C=O) groups is 1. The summed E-state index contributed by atoms with van der Waals surface area (Å²) in [6.07, 6.45) is 0.454. The van der Waals surface area contributed by atoms with Crippen molar-refractivity contribution in [2.45, 2.75) is 47.1 Å². The van der Waals surface area contributed by atoms with Gasteiger partial charge in [-0.3, -0.25) is 4.79 Å². The average molecular weight is 394 g/mol. The lowest BCUT2D eigenvalue weighted by Gasteiger charge is -2.11. The molecular weight excluding hydrogens is 368 g/mol. The Hall–Kier alpha value is -3.08. The van der Waals surface area contributed by atoms with E-state index in [1.54, 1.807) is 13.0 Å². The molecule has 0 aliphatic rings. The summed E-state index contributed by atoms with van der Waals surface area (Å²) in [4.78, 5) is 24.0. The number of rotatable bonds is 7. The first kappa shape index (κ1) is 20.6. The maximum absolute atomic E-state index is 12.4. The van der Waals surface area contributed by atoms with Crippen LogP contribution < -0.4 is 10.4 Å². The fourth-order valence-corrected chi connectivity index (χ4v) is 3.33. The average Bonchev–Trinajstić information content (AvgIpc) is 2.68. The van der Waals surface area contributed by atoms with E-state index in [0.29, 0.717) is 36.5 Å². The minimum atomic E-state index is -0.425. The van der Waals surface area contributed by atoms with Crippen molar-refractivity contribution in [3.8, 4) is 5.75 Å². The highest BCUT2D eigenvalue weighted by atomic mass is 16.5. The SMILES string of the molecule is CCOC(=O)CCc1c(C)c2ccc(OCc3cc(C)ccc3C)cc2oc1=O. The predicted octanol–water partition coefficient (Wildman–Crippen LogP) is 4.79. The minimum absolute atomic E-state index is 0.155. The molecule has 0 N–H and O–H groups in total. The zero-order valence-electron chi connectivity index (χ0n) is 17.3. The fourth-order valence-electron chi connectivity index (χ4n) is 3.33. The van der Waals surface area contributed by atoms with Gasteiger partial charge in [0.25, 0.3) is 0 Å². The monoisotopic (exact) mass is 394 g/mol. The number of hydrogen-bond donors (Lipinski definition) is 0. The van der Waals surface area contributed by atoms with E-state index >= 15 is 0 Å². The fraction of sp³-hybridized carbons (Fsp3) is 0.333. The van der Waals surface area contributed by atoms with Gasteiger partial charge >= 0.3 is 11.6 Å². The van der Waals surface area contributed by atoms with Gasteiger partial charge in [-0.15, -0.1) is 0 Å². The molecule has 1 heterocycles. The van der Waals surface area contributed by atoms with Gasteiger partial charge in [-0.25, -0.2) is 4.79 Å². The van der Waals surface area contributed by atoms with Crippen molar-refractivity contribution in [2.75, 3.05) is 6.61 Å². The summed E-state index contributed by atoms with van der Waals surface area (Å²) in [6, 6.07) is 11.8. The van der Waals surface area contributed by atoms with Gasteiger partial charge in [0.2, 0.25) is 0 Å². The van der Waals surface area contributed by atoms with E-state index in [4.69, 9.17) is 13.9 Å². The Bertz CT molecular complexity index is 1090. The van der Waals surface area contributed by atoms with Crippen molar-refractivity contribution in [2.24, 2.45) is 0 Å². The van der Waals surface area contributed by atoms with Crippen LogP contribution in [0.4, 0.5) is 0 Å². The van der Waals surface area contributed by atoms with Crippen LogP contribution in [0.3, 0.4) is 0 Å². The number of carbonyl (C=O) groups excluding carboxylic acids is 1. The molecule has 0 saturated carbocycles. The summed E-state index contributed by atoms with van der Waals surface area (Å²) < 4.78 is 16.4. The molecule has 0 spiro atoms. The second-order valence-electron chi connectivity index (χ2n) is 7.17. The van der Waals surface area contributed by atoms with Crippen LogP contribution in [-0.4, -0.2) is 12.6 Å². The molecule has 0 amide bonds. The maximum Gasteiger partial charge on any atom is 0.339 e. The van der Waals surface area contributed by atoms with Gasteiger partial charge in [0, 0.05) is 23.4 Å². The number of ether oxygens (including phenoxy) is 2. The van der Waals surface area contributed by atoms with Gasteiger partial charge in [0.15, 0.2) is 0 Å². The normalized spacial score (nSPS) is 10.9. The lowest BCUT2D eigenvalue weighted by molar-refractivity contribution is -0.143. The van der Waals surface area contributed by atoms with Crippen LogP contribution in [0.1, 0.15) is 41.2 Å². The van der Waals surface area contributed by atoms with Crippen LogP contribution >= 0.6 is 0 Å². The number of aryl methyl sites for hydroxylation is 3. The summed E-state index contributed by atoms with van der Waals surface area (Å²) >= 11 is 0. The molecule has 0 atom stereocenters. The largest absolute Gasteiger partial charge is 0.489 e. The molecule has 0 aliphatic carbocycles. The number of benzene rings is 2. The highest BCUT2D eigenvalue weighted by Crippen LogP contribution is 2.25. The lowest BCUT2D eigenvalue weighted by Crippen LogP contribution is -2.13. The molecule has 0 unspecified atom stereocenters. The van der Waals surface area contributed by atoms with Crippen LogP contribution in [0.5, 0.6) is 5.75 Å². The molecule has 0 aliphatic heterocycles. The van der Waals surface area contributed by atoms with Gasteiger partial charge in [-0.2, -0.15) is 0 Å². The number of hydrogen-bond acceptors (Lipinski definition) is 5. The van der Waals surface area contributed by atoms with Crippen molar-refractivity contribution in [3.05, 3.63) is 74.6 Å².